The molecule has 1 N–H and O–H groups in total. The maximum atomic E-state index is 11.8. The predicted octanol–water partition coefficient (Wildman–Crippen LogP) is 2.53. The minimum Gasteiger partial charge on any atom is -1.00 e. The quantitative estimate of drug-likeness (QED) is 0.445. The van der Waals surface area contributed by atoms with E-state index in [2.05, 4.69) is 4.98 Å². The Bertz CT molecular complexity index is 712. The van der Waals surface area contributed by atoms with Crippen molar-refractivity contribution >= 4 is 31.8 Å². The summed E-state index contributed by atoms with van der Waals surface area (Å²) in [4.78, 5) is 14.9. The van der Waals surface area contributed by atoms with Gasteiger partial charge in [0.05, 0.1) is 10.9 Å². The van der Waals surface area contributed by atoms with Crippen LogP contribution in [-0.2, 0) is 0 Å². The Balaban J connectivity index is 0.000000963. The molecule has 1 aromatic heterocycles. The normalized spacial score (nSPS) is 10.2. The van der Waals surface area contributed by atoms with E-state index in [0.717, 1.165) is 21.7 Å². The molecule has 0 aliphatic rings. The van der Waals surface area contributed by atoms with Crippen LogP contribution in [0.1, 0.15) is 2.85 Å². The van der Waals surface area contributed by atoms with Gasteiger partial charge in [-0.15, -0.1) is 0 Å². The molecule has 0 radical (unpaired) electrons. The second kappa shape index (κ2) is 3.91. The molecular formula is C13H11BeNO. The van der Waals surface area contributed by atoms with Crippen molar-refractivity contribution in [2.45, 2.75) is 0 Å². The van der Waals surface area contributed by atoms with Crippen molar-refractivity contribution in [2.24, 2.45) is 0 Å². The van der Waals surface area contributed by atoms with Gasteiger partial charge in [0, 0.05) is 6.20 Å². The van der Waals surface area contributed by atoms with E-state index in [4.69, 9.17) is 0 Å². The molecule has 0 bridgehead atoms. The average Bonchev–Trinajstić information content (AvgIpc) is 2.29. The molecule has 3 heteroatoms. The minimum atomic E-state index is 0. The number of hydrogen-bond donors (Lipinski definition) is 1. The smallest absolute Gasteiger partial charge is 1.00 e. The van der Waals surface area contributed by atoms with Crippen molar-refractivity contribution in [3.05, 3.63) is 58.9 Å². The molecule has 3 rings (SSSR count). The van der Waals surface area contributed by atoms with Gasteiger partial charge in [0.2, 0.25) is 0 Å². The van der Waals surface area contributed by atoms with Gasteiger partial charge in [0.25, 0.3) is 0 Å². The molecular weight excluding hydrogens is 195 g/mol. The van der Waals surface area contributed by atoms with Crippen LogP contribution >= 0.6 is 0 Å². The first-order valence-electron chi connectivity index (χ1n) is 4.85. The van der Waals surface area contributed by atoms with Gasteiger partial charge in [-0.2, -0.15) is 0 Å². The molecule has 0 atom stereocenters. The van der Waals surface area contributed by atoms with Crippen LogP contribution in [-0.4, -0.2) is 15.1 Å². The molecule has 0 spiro atoms. The number of aromatic nitrogens is 1. The van der Waals surface area contributed by atoms with Crippen LogP contribution in [0.4, 0.5) is 0 Å². The van der Waals surface area contributed by atoms with Crippen LogP contribution in [0.2, 0.25) is 0 Å². The maximum absolute atomic E-state index is 11.8. The van der Waals surface area contributed by atoms with E-state index >= 15 is 0 Å². The zero-order valence-electron chi connectivity index (χ0n) is 10.7. The third kappa shape index (κ3) is 1.44. The number of aromatic amines is 1. The summed E-state index contributed by atoms with van der Waals surface area (Å²) in [6, 6.07) is 13.3. The van der Waals surface area contributed by atoms with Crippen LogP contribution in [0, 0.1) is 0 Å². The maximum Gasteiger partial charge on any atom is 2.00 e. The summed E-state index contributed by atoms with van der Waals surface area (Å²) < 4.78 is 0. The Labute approximate surface area is 99.1 Å². The zero-order valence-corrected chi connectivity index (χ0v) is 8.73. The summed E-state index contributed by atoms with van der Waals surface area (Å²) in [6.45, 7) is 0. The van der Waals surface area contributed by atoms with E-state index in [1.807, 2.05) is 36.5 Å². The average molecular weight is 206 g/mol. The molecule has 0 fully saturated rings. The van der Waals surface area contributed by atoms with Crippen molar-refractivity contribution in [1.29, 1.82) is 0 Å². The van der Waals surface area contributed by atoms with E-state index in [1.54, 1.807) is 12.1 Å². The first-order valence-corrected chi connectivity index (χ1v) is 4.85. The third-order valence-electron chi connectivity index (χ3n) is 2.64. The van der Waals surface area contributed by atoms with Crippen LogP contribution in [0.3, 0.4) is 0 Å². The molecule has 2 nitrogen and oxygen atoms in total. The summed E-state index contributed by atoms with van der Waals surface area (Å²) in [5.74, 6) is 0. The molecule has 1 heterocycles. The van der Waals surface area contributed by atoms with E-state index in [-0.39, 0.29) is 18.4 Å². The first kappa shape index (κ1) is 10.6. The number of fused-ring (bicyclic) bond motifs is 3. The van der Waals surface area contributed by atoms with E-state index in [1.165, 1.54) is 0 Å². The molecule has 3 aromatic rings. The summed E-state index contributed by atoms with van der Waals surface area (Å²) in [6.07, 6.45) is 1.84. The summed E-state index contributed by atoms with van der Waals surface area (Å²) in [5.41, 5.74) is 0.987. The third-order valence-corrected chi connectivity index (χ3v) is 2.64. The van der Waals surface area contributed by atoms with E-state index < -0.39 is 0 Å². The molecule has 0 amide bonds. The van der Waals surface area contributed by atoms with Crippen LogP contribution in [0.25, 0.3) is 21.7 Å². The number of pyridine rings is 1. The Morgan fingerprint density at radius 1 is 0.938 bits per heavy atom. The monoisotopic (exact) mass is 206 g/mol. The second-order valence-electron chi connectivity index (χ2n) is 3.55. The standard InChI is InChI=1S/C13H9NO.Be.2H/c15-11-5-1-3-9-6-7-10-4-2-8-14-13(10)12(9)11;;;/h1-8,14H;;;/q;+2;2*-1. The van der Waals surface area contributed by atoms with Gasteiger partial charge >= 0.3 is 10.1 Å². The van der Waals surface area contributed by atoms with Crippen LogP contribution in [0.15, 0.2) is 53.5 Å². The van der Waals surface area contributed by atoms with Gasteiger partial charge in [0.15, 0.2) is 5.43 Å². The topological polar surface area (TPSA) is 32.9 Å². The molecule has 0 aliphatic heterocycles. The summed E-state index contributed by atoms with van der Waals surface area (Å²) >= 11 is 0. The van der Waals surface area contributed by atoms with Gasteiger partial charge in [-0.1, -0.05) is 30.3 Å². The number of nitrogens with one attached hydrogen (secondary N) is 1. The van der Waals surface area contributed by atoms with E-state index in [0.29, 0.717) is 0 Å². The number of rotatable bonds is 0. The van der Waals surface area contributed by atoms with Gasteiger partial charge < -0.3 is 7.84 Å². The molecule has 2 aromatic carbocycles. The molecule has 0 saturated heterocycles. The molecule has 0 aliphatic carbocycles. The first-order chi connectivity index (χ1) is 7.36. The van der Waals surface area contributed by atoms with Gasteiger partial charge in [0.1, 0.15) is 0 Å². The number of H-pyrrole nitrogens is 1. The Morgan fingerprint density at radius 2 is 1.69 bits per heavy atom. The molecule has 16 heavy (non-hydrogen) atoms. The molecule has 76 valence electrons. The van der Waals surface area contributed by atoms with Gasteiger partial charge in [-0.05, 0) is 22.9 Å². The minimum absolute atomic E-state index is 0. The summed E-state index contributed by atoms with van der Waals surface area (Å²) in [7, 11) is 0. The van der Waals surface area contributed by atoms with Gasteiger partial charge in [-0.25, -0.2) is 0 Å². The number of benzene rings is 2. The van der Waals surface area contributed by atoms with Crippen LogP contribution < -0.4 is 5.43 Å². The largest absolute Gasteiger partial charge is 2.00 e. The fourth-order valence-corrected chi connectivity index (χ4v) is 1.94. The Hall–Kier alpha value is -1.92. The molecule has 0 unspecified atom stereocenters. The SMILES string of the molecule is O=c1cccc2ccc3ccc[nH]c3c12.[Be+2].[H-].[H-]. The van der Waals surface area contributed by atoms with Crippen molar-refractivity contribution in [3.8, 4) is 0 Å². The van der Waals surface area contributed by atoms with Crippen molar-refractivity contribution in [2.75, 3.05) is 0 Å². The van der Waals surface area contributed by atoms with Crippen LogP contribution in [0.5, 0.6) is 0 Å². The van der Waals surface area contributed by atoms with E-state index in [9.17, 15) is 4.79 Å². The molecule has 0 saturated carbocycles. The van der Waals surface area contributed by atoms with Gasteiger partial charge in [-0.3, -0.25) is 4.79 Å². The Kier molecular flexibility index (Phi) is 2.59. The van der Waals surface area contributed by atoms with Crippen molar-refractivity contribution in [1.82, 2.24) is 4.98 Å². The van der Waals surface area contributed by atoms with Crippen molar-refractivity contribution < 1.29 is 2.85 Å². The second-order valence-corrected chi connectivity index (χ2v) is 3.55. The zero-order chi connectivity index (χ0) is 10.3. The Morgan fingerprint density at radius 3 is 2.56 bits per heavy atom. The fraction of sp³-hybridized carbons (Fsp3) is 0. The fourth-order valence-electron chi connectivity index (χ4n) is 1.94. The van der Waals surface area contributed by atoms with Crippen molar-refractivity contribution in [3.63, 3.8) is 0 Å². The summed E-state index contributed by atoms with van der Waals surface area (Å²) in [5, 5.41) is 2.82. The predicted molar refractivity (Wildman–Crippen MR) is 70.1 cm³/mol. The number of hydrogen-bond acceptors (Lipinski definition) is 1.